The zero-order chi connectivity index (χ0) is 8.81. The molecule has 2 nitrogen and oxygen atoms in total. The minimum Gasteiger partial charge on any atom is -0.393 e. The molecule has 1 unspecified atom stereocenters. The van der Waals surface area contributed by atoms with Crippen molar-refractivity contribution in [1.82, 2.24) is 4.98 Å². The summed E-state index contributed by atoms with van der Waals surface area (Å²) in [5.74, 6) is 0. The Hall–Kier alpha value is -0.890. The van der Waals surface area contributed by atoms with Crippen LogP contribution >= 0.6 is 0 Å². The molecule has 0 saturated heterocycles. The highest BCUT2D eigenvalue weighted by molar-refractivity contribution is 5.09. The molecule has 1 rings (SSSR count). The molecule has 0 fully saturated rings. The van der Waals surface area contributed by atoms with E-state index < -0.39 is 0 Å². The molecule has 1 N–H and O–H groups in total. The van der Waals surface area contributed by atoms with E-state index in [2.05, 4.69) is 4.98 Å². The Morgan fingerprint density at radius 1 is 1.42 bits per heavy atom. The van der Waals surface area contributed by atoms with Crippen LogP contribution in [0.2, 0.25) is 0 Å². The highest BCUT2D eigenvalue weighted by Gasteiger charge is 1.96. The summed E-state index contributed by atoms with van der Waals surface area (Å²) in [6.45, 7) is 1.83. The smallest absolute Gasteiger partial charge is 0.0512 e. The van der Waals surface area contributed by atoms with Crippen molar-refractivity contribution < 1.29 is 5.11 Å². The fourth-order valence-electron chi connectivity index (χ4n) is 1.15. The number of rotatable bonds is 4. The molecule has 0 saturated carbocycles. The number of pyridine rings is 1. The van der Waals surface area contributed by atoms with E-state index in [0.29, 0.717) is 0 Å². The Bertz CT molecular complexity index is 208. The first-order valence-electron chi connectivity index (χ1n) is 4.36. The molecule has 1 heterocycles. The van der Waals surface area contributed by atoms with Crippen LogP contribution in [0.15, 0.2) is 24.5 Å². The molecule has 0 bridgehead atoms. The van der Waals surface area contributed by atoms with E-state index in [0.717, 1.165) is 19.3 Å². The van der Waals surface area contributed by atoms with Crippen molar-refractivity contribution in [2.24, 2.45) is 0 Å². The van der Waals surface area contributed by atoms with Crippen LogP contribution in [0.25, 0.3) is 0 Å². The minimum absolute atomic E-state index is 0.174. The van der Waals surface area contributed by atoms with Crippen LogP contribution in [0, 0.1) is 0 Å². The second-order valence-corrected chi connectivity index (χ2v) is 3.10. The molecule has 1 atom stereocenters. The maximum atomic E-state index is 9.02. The van der Waals surface area contributed by atoms with Gasteiger partial charge >= 0.3 is 0 Å². The standard InChI is InChI=1S/C10H15NO/c1-9(12)3-2-4-10-5-7-11-8-6-10/h5-9,12H,2-4H2,1H3. The zero-order valence-corrected chi connectivity index (χ0v) is 7.40. The third-order valence-electron chi connectivity index (χ3n) is 1.84. The molecule has 0 aliphatic carbocycles. The van der Waals surface area contributed by atoms with Crippen LogP contribution in [0.1, 0.15) is 25.3 Å². The lowest BCUT2D eigenvalue weighted by Gasteiger charge is -2.02. The van der Waals surface area contributed by atoms with Gasteiger partial charge in [-0.1, -0.05) is 0 Å². The summed E-state index contributed by atoms with van der Waals surface area (Å²) in [5.41, 5.74) is 1.30. The van der Waals surface area contributed by atoms with Gasteiger partial charge in [-0.25, -0.2) is 0 Å². The number of hydrogen-bond acceptors (Lipinski definition) is 2. The van der Waals surface area contributed by atoms with Crippen molar-refractivity contribution in [2.75, 3.05) is 0 Å². The minimum atomic E-state index is -0.174. The lowest BCUT2D eigenvalue weighted by Crippen LogP contribution is -1.99. The van der Waals surface area contributed by atoms with Gasteiger partial charge in [-0.15, -0.1) is 0 Å². The molecule has 0 aliphatic rings. The van der Waals surface area contributed by atoms with Crippen LogP contribution in [0.5, 0.6) is 0 Å². The Morgan fingerprint density at radius 3 is 2.67 bits per heavy atom. The summed E-state index contributed by atoms with van der Waals surface area (Å²) in [5, 5.41) is 9.02. The first-order valence-corrected chi connectivity index (χ1v) is 4.36. The summed E-state index contributed by atoms with van der Waals surface area (Å²) >= 11 is 0. The van der Waals surface area contributed by atoms with Crippen molar-refractivity contribution in [2.45, 2.75) is 32.3 Å². The van der Waals surface area contributed by atoms with Crippen molar-refractivity contribution in [3.05, 3.63) is 30.1 Å². The molecule has 0 aliphatic heterocycles. The Morgan fingerprint density at radius 2 is 2.08 bits per heavy atom. The molecule has 66 valence electrons. The molecule has 1 aromatic rings. The summed E-state index contributed by atoms with van der Waals surface area (Å²) in [4.78, 5) is 3.94. The normalized spacial score (nSPS) is 12.8. The van der Waals surface area contributed by atoms with Crippen molar-refractivity contribution >= 4 is 0 Å². The van der Waals surface area contributed by atoms with Crippen molar-refractivity contribution in [3.8, 4) is 0 Å². The van der Waals surface area contributed by atoms with E-state index >= 15 is 0 Å². The molecular weight excluding hydrogens is 150 g/mol. The quantitative estimate of drug-likeness (QED) is 0.737. The van der Waals surface area contributed by atoms with Gasteiger partial charge in [-0.05, 0) is 43.9 Å². The second kappa shape index (κ2) is 4.88. The maximum Gasteiger partial charge on any atom is 0.0512 e. The number of hydrogen-bond donors (Lipinski definition) is 1. The average molecular weight is 165 g/mol. The van der Waals surface area contributed by atoms with E-state index in [1.807, 2.05) is 19.1 Å². The molecule has 2 heteroatoms. The van der Waals surface area contributed by atoms with Gasteiger partial charge in [-0.2, -0.15) is 0 Å². The topological polar surface area (TPSA) is 33.1 Å². The molecule has 12 heavy (non-hydrogen) atoms. The van der Waals surface area contributed by atoms with Crippen LogP contribution in [-0.4, -0.2) is 16.2 Å². The summed E-state index contributed by atoms with van der Waals surface area (Å²) in [6, 6.07) is 4.03. The number of aliphatic hydroxyl groups is 1. The van der Waals surface area contributed by atoms with Crippen molar-refractivity contribution in [3.63, 3.8) is 0 Å². The van der Waals surface area contributed by atoms with Gasteiger partial charge in [0.1, 0.15) is 0 Å². The van der Waals surface area contributed by atoms with Crippen LogP contribution in [0.4, 0.5) is 0 Å². The SMILES string of the molecule is CC(O)CCCc1ccncc1. The monoisotopic (exact) mass is 165 g/mol. The zero-order valence-electron chi connectivity index (χ0n) is 7.40. The van der Waals surface area contributed by atoms with Gasteiger partial charge in [0.25, 0.3) is 0 Å². The van der Waals surface area contributed by atoms with E-state index in [-0.39, 0.29) is 6.10 Å². The van der Waals surface area contributed by atoms with E-state index in [1.54, 1.807) is 12.4 Å². The molecule has 0 radical (unpaired) electrons. The van der Waals surface area contributed by atoms with E-state index in [9.17, 15) is 0 Å². The number of aliphatic hydroxyl groups excluding tert-OH is 1. The van der Waals surface area contributed by atoms with Gasteiger partial charge in [0.2, 0.25) is 0 Å². The maximum absolute atomic E-state index is 9.02. The lowest BCUT2D eigenvalue weighted by atomic mass is 10.1. The third kappa shape index (κ3) is 3.49. The van der Waals surface area contributed by atoms with Gasteiger partial charge in [0, 0.05) is 12.4 Å². The summed E-state index contributed by atoms with van der Waals surface area (Å²) in [7, 11) is 0. The highest BCUT2D eigenvalue weighted by Crippen LogP contribution is 2.04. The number of nitrogens with zero attached hydrogens (tertiary/aromatic N) is 1. The van der Waals surface area contributed by atoms with E-state index in [1.165, 1.54) is 5.56 Å². The molecule has 1 aromatic heterocycles. The lowest BCUT2D eigenvalue weighted by molar-refractivity contribution is 0.182. The van der Waals surface area contributed by atoms with Crippen LogP contribution < -0.4 is 0 Å². The second-order valence-electron chi connectivity index (χ2n) is 3.10. The number of aryl methyl sites for hydroxylation is 1. The Labute approximate surface area is 73.3 Å². The van der Waals surface area contributed by atoms with Gasteiger partial charge < -0.3 is 5.11 Å². The van der Waals surface area contributed by atoms with Crippen molar-refractivity contribution in [1.29, 1.82) is 0 Å². The predicted octanol–water partition coefficient (Wildman–Crippen LogP) is 1.79. The summed E-state index contributed by atoms with van der Waals surface area (Å²) < 4.78 is 0. The predicted molar refractivity (Wildman–Crippen MR) is 48.9 cm³/mol. The van der Waals surface area contributed by atoms with Gasteiger partial charge in [0.15, 0.2) is 0 Å². The fourth-order valence-corrected chi connectivity index (χ4v) is 1.15. The summed E-state index contributed by atoms with van der Waals surface area (Å²) in [6.07, 6.45) is 6.39. The van der Waals surface area contributed by atoms with Crippen LogP contribution in [0.3, 0.4) is 0 Å². The van der Waals surface area contributed by atoms with Gasteiger partial charge in [-0.3, -0.25) is 4.98 Å². The van der Waals surface area contributed by atoms with E-state index in [4.69, 9.17) is 5.11 Å². The molecule has 0 amide bonds. The molecule has 0 aromatic carbocycles. The molecule has 0 spiro atoms. The Kier molecular flexibility index (Phi) is 3.74. The fraction of sp³-hybridized carbons (Fsp3) is 0.500. The first kappa shape index (κ1) is 9.20. The third-order valence-corrected chi connectivity index (χ3v) is 1.84. The number of aromatic nitrogens is 1. The largest absolute Gasteiger partial charge is 0.393 e. The average Bonchev–Trinajstić information content (AvgIpc) is 2.05. The first-order chi connectivity index (χ1) is 5.79. The van der Waals surface area contributed by atoms with Gasteiger partial charge in [0.05, 0.1) is 6.10 Å². The Balaban J connectivity index is 2.25. The van der Waals surface area contributed by atoms with Crippen LogP contribution in [-0.2, 0) is 6.42 Å². The highest BCUT2D eigenvalue weighted by atomic mass is 16.3. The molecular formula is C10H15NO.